The van der Waals surface area contributed by atoms with Gasteiger partial charge in [0, 0.05) is 0 Å². The van der Waals surface area contributed by atoms with Crippen LogP contribution >= 0.6 is 0 Å². The maximum atomic E-state index is 12.5. The summed E-state index contributed by atoms with van der Waals surface area (Å²) in [6.07, 6.45) is 3.09. The van der Waals surface area contributed by atoms with Crippen LogP contribution in [0.3, 0.4) is 0 Å². The van der Waals surface area contributed by atoms with E-state index in [1.807, 2.05) is 13.8 Å². The van der Waals surface area contributed by atoms with Gasteiger partial charge in [0.2, 0.25) is 17.7 Å². The Labute approximate surface area is 112 Å². The third-order valence-electron chi connectivity index (χ3n) is 5.16. The summed E-state index contributed by atoms with van der Waals surface area (Å²) in [7, 11) is 0. The van der Waals surface area contributed by atoms with Crippen molar-refractivity contribution < 1.29 is 14.4 Å². The summed E-state index contributed by atoms with van der Waals surface area (Å²) in [5.74, 6) is -0.682. The minimum absolute atomic E-state index is 0.137. The van der Waals surface area contributed by atoms with Crippen LogP contribution in [0.15, 0.2) is 0 Å². The second kappa shape index (κ2) is 4.05. The molecule has 2 aliphatic carbocycles. The van der Waals surface area contributed by atoms with Crippen LogP contribution in [-0.4, -0.2) is 28.7 Å². The van der Waals surface area contributed by atoms with Gasteiger partial charge < -0.3 is 5.73 Å². The molecule has 1 saturated heterocycles. The van der Waals surface area contributed by atoms with E-state index in [9.17, 15) is 14.4 Å². The van der Waals surface area contributed by atoms with Gasteiger partial charge in [0.15, 0.2) is 0 Å². The van der Waals surface area contributed by atoms with Crippen LogP contribution in [0.5, 0.6) is 0 Å². The van der Waals surface area contributed by atoms with Crippen LogP contribution in [0.2, 0.25) is 0 Å². The van der Waals surface area contributed by atoms with Gasteiger partial charge in [-0.05, 0) is 37.0 Å². The molecular formula is C14H20N2O3. The molecule has 5 nitrogen and oxygen atoms in total. The minimum atomic E-state index is -0.787. The predicted octanol–water partition coefficient (Wildman–Crippen LogP) is 0.527. The van der Waals surface area contributed by atoms with Gasteiger partial charge in [-0.15, -0.1) is 0 Å². The Morgan fingerprint density at radius 3 is 2.00 bits per heavy atom. The molecule has 0 radical (unpaired) electrons. The fraction of sp³-hybridized carbons (Fsp3) is 0.786. The molecule has 1 heterocycles. The van der Waals surface area contributed by atoms with Crippen LogP contribution < -0.4 is 5.73 Å². The van der Waals surface area contributed by atoms with Gasteiger partial charge in [0.25, 0.3) is 0 Å². The first-order chi connectivity index (χ1) is 8.93. The molecule has 0 unspecified atom stereocenters. The number of hydrogen-bond donors (Lipinski definition) is 1. The zero-order chi connectivity index (χ0) is 13.9. The first kappa shape index (κ1) is 12.6. The molecule has 0 aromatic heterocycles. The summed E-state index contributed by atoms with van der Waals surface area (Å²) in [4.78, 5) is 37.9. The highest BCUT2D eigenvalue weighted by molar-refractivity contribution is 6.09. The predicted molar refractivity (Wildman–Crippen MR) is 67.5 cm³/mol. The smallest absolute Gasteiger partial charge is 0.240 e. The number of rotatable bonds is 3. The zero-order valence-corrected chi connectivity index (χ0v) is 11.3. The highest BCUT2D eigenvalue weighted by atomic mass is 16.2. The molecule has 1 aliphatic heterocycles. The third kappa shape index (κ3) is 1.56. The maximum absolute atomic E-state index is 12.5. The van der Waals surface area contributed by atoms with Gasteiger partial charge in [0.1, 0.15) is 6.04 Å². The molecule has 0 aromatic rings. The summed E-state index contributed by atoms with van der Waals surface area (Å²) in [5.41, 5.74) is 5.39. The Morgan fingerprint density at radius 1 is 1.16 bits per heavy atom. The van der Waals surface area contributed by atoms with Gasteiger partial charge in [0.05, 0.1) is 11.8 Å². The minimum Gasteiger partial charge on any atom is -0.368 e. The van der Waals surface area contributed by atoms with Gasteiger partial charge in [-0.1, -0.05) is 13.8 Å². The lowest BCUT2D eigenvalue weighted by Crippen LogP contribution is -2.51. The molecule has 3 aliphatic rings. The van der Waals surface area contributed by atoms with Crippen molar-refractivity contribution in [1.82, 2.24) is 4.90 Å². The summed E-state index contributed by atoms with van der Waals surface area (Å²) in [5, 5.41) is 0. The van der Waals surface area contributed by atoms with Crippen LogP contribution in [0.4, 0.5) is 0 Å². The molecule has 5 atom stereocenters. The number of amides is 3. The van der Waals surface area contributed by atoms with E-state index in [1.54, 1.807) is 0 Å². The first-order valence-corrected chi connectivity index (χ1v) is 7.09. The quantitative estimate of drug-likeness (QED) is 0.755. The highest BCUT2D eigenvalue weighted by Crippen LogP contribution is 2.56. The molecule has 2 bridgehead atoms. The zero-order valence-electron chi connectivity index (χ0n) is 11.3. The molecule has 104 valence electrons. The van der Waals surface area contributed by atoms with Crippen molar-refractivity contribution in [1.29, 1.82) is 0 Å². The van der Waals surface area contributed by atoms with Crippen LogP contribution in [0.25, 0.3) is 0 Å². The maximum Gasteiger partial charge on any atom is 0.240 e. The highest BCUT2D eigenvalue weighted by Gasteiger charge is 2.62. The van der Waals surface area contributed by atoms with Gasteiger partial charge in [-0.3, -0.25) is 19.3 Å². The summed E-state index contributed by atoms with van der Waals surface area (Å²) in [6.45, 7) is 3.64. The molecule has 2 N–H and O–H groups in total. The number of nitrogens with zero attached hydrogens (tertiary/aromatic N) is 1. The molecule has 3 amide bonds. The lowest BCUT2D eigenvalue weighted by molar-refractivity contribution is -0.149. The Morgan fingerprint density at radius 2 is 1.63 bits per heavy atom. The molecule has 3 rings (SSSR count). The van der Waals surface area contributed by atoms with E-state index < -0.39 is 11.9 Å². The second-order valence-electron chi connectivity index (χ2n) is 6.52. The Hall–Kier alpha value is -1.39. The third-order valence-corrected chi connectivity index (χ3v) is 5.16. The number of carbonyl (C=O) groups excluding carboxylic acids is 3. The topological polar surface area (TPSA) is 80.5 Å². The molecule has 19 heavy (non-hydrogen) atoms. The lowest BCUT2D eigenvalue weighted by Gasteiger charge is -2.28. The second-order valence-corrected chi connectivity index (χ2v) is 6.52. The van der Waals surface area contributed by atoms with E-state index in [0.717, 1.165) is 19.3 Å². The van der Waals surface area contributed by atoms with Crippen molar-refractivity contribution in [2.24, 2.45) is 35.3 Å². The Bertz CT molecular complexity index is 432. The van der Waals surface area contributed by atoms with Gasteiger partial charge in [-0.25, -0.2) is 0 Å². The molecule has 0 spiro atoms. The lowest BCUT2D eigenvalue weighted by atomic mass is 9.81. The SMILES string of the molecule is CC(C)[C@H](C(N)=O)N1C(=O)[C@H]2[C@@H]3CC[C@@H](C3)[C@@H]2C1=O. The summed E-state index contributed by atoms with van der Waals surface area (Å²) in [6, 6.07) is -0.787. The van der Waals surface area contributed by atoms with Crippen molar-refractivity contribution in [2.45, 2.75) is 39.2 Å². The number of imide groups is 1. The number of fused-ring (bicyclic) bond motifs is 5. The number of hydrogen-bond acceptors (Lipinski definition) is 3. The first-order valence-electron chi connectivity index (χ1n) is 7.09. The van der Waals surface area contributed by atoms with Crippen LogP contribution in [0, 0.1) is 29.6 Å². The monoisotopic (exact) mass is 264 g/mol. The fourth-order valence-corrected chi connectivity index (χ4v) is 4.46. The molecule has 2 saturated carbocycles. The van der Waals surface area contributed by atoms with E-state index in [1.165, 1.54) is 4.90 Å². The number of nitrogens with two attached hydrogens (primary N) is 1. The summed E-state index contributed by atoms with van der Waals surface area (Å²) >= 11 is 0. The summed E-state index contributed by atoms with van der Waals surface area (Å²) < 4.78 is 0. The molecule has 5 heteroatoms. The average molecular weight is 264 g/mol. The van der Waals surface area contributed by atoms with Crippen molar-refractivity contribution in [2.75, 3.05) is 0 Å². The fourth-order valence-electron chi connectivity index (χ4n) is 4.46. The normalized spacial score (nSPS) is 38.2. The van der Waals surface area contributed by atoms with E-state index in [-0.39, 0.29) is 29.6 Å². The van der Waals surface area contributed by atoms with Crippen molar-refractivity contribution in [3.8, 4) is 0 Å². The van der Waals surface area contributed by atoms with Gasteiger partial charge >= 0.3 is 0 Å². The number of primary amides is 1. The Kier molecular flexibility index (Phi) is 2.69. The average Bonchev–Trinajstić information content (AvgIpc) is 2.97. The van der Waals surface area contributed by atoms with Crippen molar-refractivity contribution in [3.05, 3.63) is 0 Å². The molecular weight excluding hydrogens is 244 g/mol. The standard InChI is InChI=1S/C14H20N2O3/c1-6(2)11(12(15)17)16-13(18)9-7-3-4-8(5-7)10(9)14(16)19/h6-11H,3-5H2,1-2H3,(H2,15,17)/t7-,8+,9-,10-,11+/m0/s1. The molecule has 3 fully saturated rings. The largest absolute Gasteiger partial charge is 0.368 e. The Balaban J connectivity index is 1.94. The van der Waals surface area contributed by atoms with E-state index >= 15 is 0 Å². The van der Waals surface area contributed by atoms with E-state index in [4.69, 9.17) is 5.73 Å². The van der Waals surface area contributed by atoms with E-state index in [0.29, 0.717) is 11.8 Å². The van der Waals surface area contributed by atoms with Crippen molar-refractivity contribution >= 4 is 17.7 Å². The number of carbonyl (C=O) groups is 3. The van der Waals surface area contributed by atoms with Crippen LogP contribution in [0.1, 0.15) is 33.1 Å². The van der Waals surface area contributed by atoms with Crippen molar-refractivity contribution in [3.63, 3.8) is 0 Å². The van der Waals surface area contributed by atoms with Gasteiger partial charge in [-0.2, -0.15) is 0 Å². The molecule has 0 aromatic carbocycles. The van der Waals surface area contributed by atoms with E-state index in [2.05, 4.69) is 0 Å². The number of likely N-dealkylation sites (tertiary alicyclic amines) is 1. The van der Waals surface area contributed by atoms with Crippen LogP contribution in [-0.2, 0) is 14.4 Å².